The van der Waals surface area contributed by atoms with Gasteiger partial charge in [0, 0.05) is 29.9 Å². The van der Waals surface area contributed by atoms with Crippen LogP contribution >= 0.6 is 0 Å². The first kappa shape index (κ1) is 14.5. The molecule has 1 aromatic heterocycles. The molecule has 6 heteroatoms. The van der Waals surface area contributed by atoms with Crippen LogP contribution in [0.3, 0.4) is 0 Å². The van der Waals surface area contributed by atoms with Crippen LogP contribution in [0.1, 0.15) is 26.3 Å². The van der Waals surface area contributed by atoms with Crippen LogP contribution in [0.4, 0.5) is 0 Å². The first-order valence-electron chi connectivity index (χ1n) is 6.27. The third-order valence-electron chi connectivity index (χ3n) is 2.89. The highest BCUT2D eigenvalue weighted by Crippen LogP contribution is 2.07. The minimum absolute atomic E-state index is 0.234. The molecule has 0 bridgehead atoms. The predicted octanol–water partition coefficient (Wildman–Crippen LogP) is 1.12. The van der Waals surface area contributed by atoms with Crippen molar-refractivity contribution in [2.45, 2.75) is 6.54 Å². The standard InChI is InChI=1S/C15H15N3O3/c1-21-13-7-2-10(8-17-13)9-18-15(20)12-5-3-11(4-6-12)14(16)19/h2-8H,9H2,1H3,(H2,16,19)(H,18,20). The lowest BCUT2D eigenvalue weighted by Gasteiger charge is -2.06. The number of methoxy groups -OCH3 is 1. The second-order valence-electron chi connectivity index (χ2n) is 4.33. The molecular weight excluding hydrogens is 270 g/mol. The Bertz CT molecular complexity index is 636. The SMILES string of the molecule is COc1ccc(CNC(=O)c2ccc(C(N)=O)cc2)cn1. The highest BCUT2D eigenvalue weighted by molar-refractivity contribution is 5.97. The number of aromatic nitrogens is 1. The van der Waals surface area contributed by atoms with Gasteiger partial charge in [-0.15, -0.1) is 0 Å². The number of nitrogens with two attached hydrogens (primary N) is 1. The minimum Gasteiger partial charge on any atom is -0.481 e. The molecule has 0 saturated carbocycles. The second-order valence-corrected chi connectivity index (χ2v) is 4.33. The molecule has 21 heavy (non-hydrogen) atoms. The number of hydrogen-bond acceptors (Lipinski definition) is 4. The Morgan fingerprint density at radius 2 is 1.81 bits per heavy atom. The van der Waals surface area contributed by atoms with Crippen LogP contribution in [-0.2, 0) is 6.54 Å². The van der Waals surface area contributed by atoms with E-state index in [1.54, 1.807) is 31.5 Å². The first-order chi connectivity index (χ1) is 10.1. The quantitative estimate of drug-likeness (QED) is 0.860. The van der Waals surface area contributed by atoms with E-state index in [0.29, 0.717) is 23.6 Å². The molecule has 0 unspecified atom stereocenters. The fraction of sp³-hybridized carbons (Fsp3) is 0.133. The highest BCUT2D eigenvalue weighted by atomic mass is 16.5. The van der Waals surface area contributed by atoms with E-state index < -0.39 is 5.91 Å². The van der Waals surface area contributed by atoms with Crippen molar-refractivity contribution in [3.63, 3.8) is 0 Å². The molecule has 108 valence electrons. The van der Waals surface area contributed by atoms with Crippen LogP contribution in [0.25, 0.3) is 0 Å². The Balaban J connectivity index is 1.95. The summed E-state index contributed by atoms with van der Waals surface area (Å²) >= 11 is 0. The van der Waals surface area contributed by atoms with Gasteiger partial charge >= 0.3 is 0 Å². The van der Waals surface area contributed by atoms with E-state index in [9.17, 15) is 9.59 Å². The number of primary amides is 1. The number of ether oxygens (including phenoxy) is 1. The van der Waals surface area contributed by atoms with E-state index in [1.165, 1.54) is 12.1 Å². The Labute approximate surface area is 121 Å². The molecule has 0 saturated heterocycles. The number of amides is 2. The molecule has 1 heterocycles. The van der Waals surface area contributed by atoms with E-state index in [0.717, 1.165) is 5.56 Å². The van der Waals surface area contributed by atoms with Crippen LogP contribution in [0.2, 0.25) is 0 Å². The summed E-state index contributed by atoms with van der Waals surface area (Å²) in [4.78, 5) is 27.0. The molecule has 0 atom stereocenters. The molecule has 0 aliphatic heterocycles. The number of carbonyl (C=O) groups is 2. The van der Waals surface area contributed by atoms with Crippen LogP contribution < -0.4 is 15.8 Å². The molecule has 2 amide bonds. The van der Waals surface area contributed by atoms with Gasteiger partial charge < -0.3 is 15.8 Å². The number of nitrogens with one attached hydrogen (secondary N) is 1. The summed E-state index contributed by atoms with van der Waals surface area (Å²) in [6.45, 7) is 0.355. The van der Waals surface area contributed by atoms with E-state index in [-0.39, 0.29) is 5.91 Å². The topological polar surface area (TPSA) is 94.3 Å². The molecule has 3 N–H and O–H groups in total. The third kappa shape index (κ3) is 3.79. The van der Waals surface area contributed by atoms with Crippen molar-refractivity contribution in [1.82, 2.24) is 10.3 Å². The Morgan fingerprint density at radius 3 is 2.33 bits per heavy atom. The molecular formula is C15H15N3O3. The molecule has 1 aromatic carbocycles. The van der Waals surface area contributed by atoms with Crippen LogP contribution in [0.5, 0.6) is 5.88 Å². The van der Waals surface area contributed by atoms with Crippen molar-refractivity contribution in [2.24, 2.45) is 5.73 Å². The molecule has 6 nitrogen and oxygen atoms in total. The van der Waals surface area contributed by atoms with Crippen LogP contribution in [-0.4, -0.2) is 23.9 Å². The van der Waals surface area contributed by atoms with Gasteiger partial charge in [0.05, 0.1) is 7.11 Å². The van der Waals surface area contributed by atoms with E-state index >= 15 is 0 Å². The summed E-state index contributed by atoms with van der Waals surface area (Å²) in [6, 6.07) is 9.70. The maximum absolute atomic E-state index is 11.9. The predicted molar refractivity (Wildman–Crippen MR) is 76.9 cm³/mol. The summed E-state index contributed by atoms with van der Waals surface area (Å²) < 4.78 is 4.96. The summed E-state index contributed by atoms with van der Waals surface area (Å²) in [6.07, 6.45) is 1.63. The molecule has 0 spiro atoms. The minimum atomic E-state index is -0.522. The molecule has 0 radical (unpaired) electrons. The number of hydrogen-bond donors (Lipinski definition) is 2. The normalized spacial score (nSPS) is 9.95. The summed E-state index contributed by atoms with van der Waals surface area (Å²) in [5.74, 6) is -0.236. The summed E-state index contributed by atoms with van der Waals surface area (Å²) in [5.41, 5.74) is 6.83. The van der Waals surface area contributed by atoms with Crippen LogP contribution in [0.15, 0.2) is 42.6 Å². The first-order valence-corrected chi connectivity index (χ1v) is 6.27. The molecule has 0 aliphatic carbocycles. The van der Waals surface area contributed by atoms with Crippen molar-refractivity contribution >= 4 is 11.8 Å². The zero-order valence-electron chi connectivity index (χ0n) is 11.5. The van der Waals surface area contributed by atoms with Crippen molar-refractivity contribution in [2.75, 3.05) is 7.11 Å². The van der Waals surface area contributed by atoms with Gasteiger partial charge in [-0.3, -0.25) is 9.59 Å². The summed E-state index contributed by atoms with van der Waals surface area (Å²) in [7, 11) is 1.54. The maximum Gasteiger partial charge on any atom is 0.251 e. The van der Waals surface area contributed by atoms with Gasteiger partial charge in [0.1, 0.15) is 0 Å². The number of carbonyl (C=O) groups excluding carboxylic acids is 2. The fourth-order valence-electron chi connectivity index (χ4n) is 1.71. The van der Waals surface area contributed by atoms with Gasteiger partial charge in [-0.25, -0.2) is 4.98 Å². The van der Waals surface area contributed by atoms with Crippen molar-refractivity contribution < 1.29 is 14.3 Å². The van der Waals surface area contributed by atoms with Gasteiger partial charge in [0.15, 0.2) is 0 Å². The summed E-state index contributed by atoms with van der Waals surface area (Å²) in [5, 5.41) is 2.77. The monoisotopic (exact) mass is 285 g/mol. The van der Waals surface area contributed by atoms with Gasteiger partial charge in [0.2, 0.25) is 11.8 Å². The van der Waals surface area contributed by atoms with Crippen LogP contribution in [0, 0.1) is 0 Å². The Hall–Kier alpha value is -2.89. The van der Waals surface area contributed by atoms with E-state index in [2.05, 4.69) is 10.3 Å². The third-order valence-corrected chi connectivity index (χ3v) is 2.89. The lowest BCUT2D eigenvalue weighted by molar-refractivity contribution is 0.0948. The van der Waals surface area contributed by atoms with Gasteiger partial charge in [-0.05, 0) is 29.8 Å². The fourth-order valence-corrected chi connectivity index (χ4v) is 1.71. The number of pyridine rings is 1. The molecule has 2 aromatic rings. The lowest BCUT2D eigenvalue weighted by Crippen LogP contribution is -2.23. The van der Waals surface area contributed by atoms with Gasteiger partial charge in [0.25, 0.3) is 5.91 Å². The van der Waals surface area contributed by atoms with E-state index in [4.69, 9.17) is 10.5 Å². The zero-order valence-corrected chi connectivity index (χ0v) is 11.5. The van der Waals surface area contributed by atoms with Crippen molar-refractivity contribution in [1.29, 1.82) is 0 Å². The average Bonchev–Trinajstić information content (AvgIpc) is 2.53. The maximum atomic E-state index is 11.9. The van der Waals surface area contributed by atoms with Gasteiger partial charge in [-0.1, -0.05) is 6.07 Å². The number of benzene rings is 1. The highest BCUT2D eigenvalue weighted by Gasteiger charge is 2.07. The van der Waals surface area contributed by atoms with Crippen molar-refractivity contribution in [3.05, 3.63) is 59.3 Å². The Kier molecular flexibility index (Phi) is 4.50. The molecule has 2 rings (SSSR count). The Morgan fingerprint density at radius 1 is 1.14 bits per heavy atom. The van der Waals surface area contributed by atoms with Gasteiger partial charge in [-0.2, -0.15) is 0 Å². The largest absolute Gasteiger partial charge is 0.481 e. The number of nitrogens with zero attached hydrogens (tertiary/aromatic N) is 1. The van der Waals surface area contributed by atoms with E-state index in [1.807, 2.05) is 6.07 Å². The molecule has 0 fully saturated rings. The average molecular weight is 285 g/mol. The lowest BCUT2D eigenvalue weighted by atomic mass is 10.1. The smallest absolute Gasteiger partial charge is 0.251 e. The zero-order chi connectivity index (χ0) is 15.2. The molecule has 0 aliphatic rings. The second kappa shape index (κ2) is 6.51. The number of rotatable bonds is 5. The van der Waals surface area contributed by atoms with Crippen molar-refractivity contribution in [3.8, 4) is 5.88 Å².